The maximum absolute atomic E-state index is 11.4. The standard InChI is InChI=1S/C26H26N8O2/c1-16(24(35)36)28-25-30-20(18-8-5-7-17(11-18)13-27)12-21(31-25)22-15-34(33-32-22)14-19-9-6-10-23(29-19)26(2,3)4/h5-12,15-16H,14H2,1-4H3,(H,35,36)(H,28,30,31). The Morgan fingerprint density at radius 2 is 1.83 bits per heavy atom. The molecule has 2 N–H and O–H groups in total. The van der Waals surface area contributed by atoms with Crippen molar-refractivity contribution in [1.29, 1.82) is 5.26 Å². The summed E-state index contributed by atoms with van der Waals surface area (Å²) >= 11 is 0. The monoisotopic (exact) mass is 482 g/mol. The molecule has 0 amide bonds. The second kappa shape index (κ2) is 9.92. The van der Waals surface area contributed by atoms with Gasteiger partial charge in [-0.2, -0.15) is 5.26 Å². The predicted octanol–water partition coefficient (Wildman–Crippen LogP) is 3.90. The molecule has 0 fully saturated rings. The van der Waals surface area contributed by atoms with Gasteiger partial charge in [-0.3, -0.25) is 9.78 Å². The molecule has 182 valence electrons. The van der Waals surface area contributed by atoms with Crippen LogP contribution in [0.15, 0.2) is 54.7 Å². The molecule has 1 unspecified atom stereocenters. The van der Waals surface area contributed by atoms with Crippen LogP contribution in [0.25, 0.3) is 22.6 Å². The number of anilines is 1. The highest BCUT2D eigenvalue weighted by Gasteiger charge is 2.18. The molecular formula is C26H26N8O2. The summed E-state index contributed by atoms with van der Waals surface area (Å²) in [5.74, 6) is -0.901. The van der Waals surface area contributed by atoms with Crippen molar-refractivity contribution in [2.75, 3.05) is 5.32 Å². The normalized spacial score (nSPS) is 12.1. The van der Waals surface area contributed by atoms with Crippen LogP contribution in [-0.4, -0.2) is 47.1 Å². The van der Waals surface area contributed by atoms with Gasteiger partial charge >= 0.3 is 5.97 Å². The molecular weight excluding hydrogens is 456 g/mol. The van der Waals surface area contributed by atoms with Crippen molar-refractivity contribution in [1.82, 2.24) is 29.9 Å². The molecule has 4 aromatic rings. The molecule has 36 heavy (non-hydrogen) atoms. The minimum Gasteiger partial charge on any atom is -0.480 e. The molecule has 0 saturated heterocycles. The summed E-state index contributed by atoms with van der Waals surface area (Å²) in [5.41, 5.74) is 4.43. The molecule has 4 rings (SSSR count). The zero-order valence-corrected chi connectivity index (χ0v) is 20.5. The number of benzene rings is 1. The van der Waals surface area contributed by atoms with Gasteiger partial charge in [0, 0.05) is 16.7 Å². The maximum atomic E-state index is 11.4. The number of aromatic nitrogens is 6. The molecule has 0 aliphatic heterocycles. The highest BCUT2D eigenvalue weighted by atomic mass is 16.4. The second-order valence-corrected chi connectivity index (χ2v) is 9.42. The van der Waals surface area contributed by atoms with Crippen molar-refractivity contribution in [2.24, 2.45) is 0 Å². The van der Waals surface area contributed by atoms with E-state index in [-0.39, 0.29) is 11.4 Å². The van der Waals surface area contributed by atoms with Gasteiger partial charge in [0.1, 0.15) is 11.7 Å². The molecule has 3 heterocycles. The van der Waals surface area contributed by atoms with Crippen molar-refractivity contribution < 1.29 is 9.90 Å². The van der Waals surface area contributed by atoms with Gasteiger partial charge in [-0.1, -0.05) is 44.2 Å². The molecule has 0 aliphatic rings. The minimum absolute atomic E-state index is 0.0692. The number of hydrogen-bond donors (Lipinski definition) is 2. The molecule has 0 radical (unpaired) electrons. The van der Waals surface area contributed by atoms with Crippen molar-refractivity contribution in [3.05, 3.63) is 71.7 Å². The smallest absolute Gasteiger partial charge is 0.325 e. The number of rotatable bonds is 7. The van der Waals surface area contributed by atoms with E-state index < -0.39 is 12.0 Å². The van der Waals surface area contributed by atoms with Crippen LogP contribution in [0.4, 0.5) is 5.95 Å². The number of nitriles is 1. The van der Waals surface area contributed by atoms with Gasteiger partial charge < -0.3 is 10.4 Å². The Morgan fingerprint density at radius 3 is 2.56 bits per heavy atom. The molecule has 0 spiro atoms. The van der Waals surface area contributed by atoms with Gasteiger partial charge in [-0.25, -0.2) is 14.6 Å². The molecule has 1 aromatic carbocycles. The van der Waals surface area contributed by atoms with Crippen molar-refractivity contribution >= 4 is 11.9 Å². The Morgan fingerprint density at radius 1 is 1.08 bits per heavy atom. The van der Waals surface area contributed by atoms with Gasteiger partial charge in [0.2, 0.25) is 5.95 Å². The fourth-order valence-corrected chi connectivity index (χ4v) is 3.44. The SMILES string of the molecule is CC(Nc1nc(-c2cccc(C#N)c2)cc(-c2cn(Cc3cccc(C(C)(C)C)n3)nn2)n1)C(=O)O. The summed E-state index contributed by atoms with van der Waals surface area (Å²) in [7, 11) is 0. The Labute approximate surface area is 208 Å². The predicted molar refractivity (Wildman–Crippen MR) is 134 cm³/mol. The molecule has 10 nitrogen and oxygen atoms in total. The third-order valence-corrected chi connectivity index (χ3v) is 5.43. The Balaban J connectivity index is 1.69. The Kier molecular flexibility index (Phi) is 6.74. The number of carboxylic acids is 1. The lowest BCUT2D eigenvalue weighted by Gasteiger charge is -2.18. The summed E-state index contributed by atoms with van der Waals surface area (Å²) < 4.78 is 1.68. The van der Waals surface area contributed by atoms with E-state index in [2.05, 4.69) is 52.4 Å². The Hall–Kier alpha value is -4.65. The van der Waals surface area contributed by atoms with Gasteiger partial charge in [0.25, 0.3) is 0 Å². The molecule has 0 saturated carbocycles. The number of pyridine rings is 1. The van der Waals surface area contributed by atoms with Crippen LogP contribution in [0.5, 0.6) is 0 Å². The van der Waals surface area contributed by atoms with E-state index in [4.69, 9.17) is 4.98 Å². The summed E-state index contributed by atoms with van der Waals surface area (Å²) in [6, 6.07) is 15.9. The number of nitrogens with one attached hydrogen (secondary N) is 1. The van der Waals surface area contributed by atoms with E-state index >= 15 is 0 Å². The van der Waals surface area contributed by atoms with Crippen LogP contribution in [0.2, 0.25) is 0 Å². The van der Waals surface area contributed by atoms with Crippen LogP contribution in [0, 0.1) is 11.3 Å². The lowest BCUT2D eigenvalue weighted by molar-refractivity contribution is -0.137. The lowest BCUT2D eigenvalue weighted by Crippen LogP contribution is -2.26. The first-order valence-corrected chi connectivity index (χ1v) is 11.4. The molecule has 0 bridgehead atoms. The quantitative estimate of drug-likeness (QED) is 0.401. The Bertz CT molecular complexity index is 1450. The van der Waals surface area contributed by atoms with Crippen LogP contribution >= 0.6 is 0 Å². The van der Waals surface area contributed by atoms with E-state index in [1.165, 1.54) is 6.92 Å². The summed E-state index contributed by atoms with van der Waals surface area (Å²) in [4.78, 5) is 25.1. The van der Waals surface area contributed by atoms with Gasteiger partial charge in [-0.15, -0.1) is 5.10 Å². The zero-order chi connectivity index (χ0) is 25.9. The fourth-order valence-electron chi connectivity index (χ4n) is 3.44. The zero-order valence-electron chi connectivity index (χ0n) is 20.5. The first-order valence-electron chi connectivity index (χ1n) is 11.4. The molecule has 1 atom stereocenters. The van der Waals surface area contributed by atoms with Gasteiger partial charge in [0.15, 0.2) is 0 Å². The van der Waals surface area contributed by atoms with Crippen molar-refractivity contribution in [2.45, 2.75) is 45.7 Å². The molecule has 10 heteroatoms. The van der Waals surface area contributed by atoms with Gasteiger partial charge in [-0.05, 0) is 37.3 Å². The van der Waals surface area contributed by atoms with Crippen molar-refractivity contribution in [3.8, 4) is 28.7 Å². The minimum atomic E-state index is -1.03. The average molecular weight is 483 g/mol. The van der Waals surface area contributed by atoms with Crippen LogP contribution < -0.4 is 5.32 Å². The highest BCUT2D eigenvalue weighted by Crippen LogP contribution is 2.25. The van der Waals surface area contributed by atoms with Crippen LogP contribution in [0.1, 0.15) is 44.6 Å². The van der Waals surface area contributed by atoms with E-state index in [1.54, 1.807) is 35.1 Å². The number of hydrogen-bond acceptors (Lipinski definition) is 8. The first-order chi connectivity index (χ1) is 17.1. The average Bonchev–Trinajstić information content (AvgIpc) is 3.32. The van der Waals surface area contributed by atoms with Crippen LogP contribution in [-0.2, 0) is 16.8 Å². The fraction of sp³-hybridized carbons (Fsp3) is 0.269. The van der Waals surface area contributed by atoms with Crippen LogP contribution in [0.3, 0.4) is 0 Å². The van der Waals surface area contributed by atoms with E-state index in [1.807, 2.05) is 24.3 Å². The summed E-state index contributed by atoms with van der Waals surface area (Å²) in [5, 5.41) is 29.9. The maximum Gasteiger partial charge on any atom is 0.325 e. The van der Waals surface area contributed by atoms with E-state index in [0.717, 1.165) is 11.4 Å². The largest absolute Gasteiger partial charge is 0.480 e. The number of aliphatic carboxylic acids is 1. The number of carboxylic acid groups (broad SMARTS) is 1. The van der Waals surface area contributed by atoms with Gasteiger partial charge in [0.05, 0.1) is 41.5 Å². The third kappa shape index (κ3) is 5.70. The highest BCUT2D eigenvalue weighted by molar-refractivity contribution is 5.76. The number of carbonyl (C=O) groups is 1. The molecule has 3 aromatic heterocycles. The first kappa shape index (κ1) is 24.5. The summed E-state index contributed by atoms with van der Waals surface area (Å²) in [6.45, 7) is 8.27. The molecule has 0 aliphatic carbocycles. The van der Waals surface area contributed by atoms with E-state index in [0.29, 0.717) is 34.8 Å². The topological polar surface area (TPSA) is 142 Å². The van der Waals surface area contributed by atoms with E-state index in [9.17, 15) is 15.2 Å². The summed E-state index contributed by atoms with van der Waals surface area (Å²) in [6.07, 6.45) is 1.76. The second-order valence-electron chi connectivity index (χ2n) is 9.42. The lowest BCUT2D eigenvalue weighted by atomic mass is 9.91. The van der Waals surface area contributed by atoms with Crippen molar-refractivity contribution in [3.63, 3.8) is 0 Å². The third-order valence-electron chi connectivity index (χ3n) is 5.43. The number of nitrogens with zero attached hydrogens (tertiary/aromatic N) is 7.